The number of aliphatic hydroxyl groups is 1. The summed E-state index contributed by atoms with van der Waals surface area (Å²) in [6.07, 6.45) is 1.80. The van der Waals surface area contributed by atoms with Gasteiger partial charge in [0, 0.05) is 18.5 Å². The van der Waals surface area contributed by atoms with E-state index in [9.17, 15) is 15.0 Å². The maximum absolute atomic E-state index is 12.0. The predicted molar refractivity (Wildman–Crippen MR) is 104 cm³/mol. The Morgan fingerprint density at radius 2 is 2.12 bits per heavy atom. The van der Waals surface area contributed by atoms with Gasteiger partial charge in [-0.3, -0.25) is 4.79 Å². The van der Waals surface area contributed by atoms with Crippen LogP contribution in [-0.4, -0.2) is 40.4 Å². The van der Waals surface area contributed by atoms with Crippen LogP contribution in [0.4, 0.5) is 5.82 Å². The number of carboxylic acid groups (broad SMARTS) is 1. The molecule has 140 valence electrons. The highest BCUT2D eigenvalue weighted by Gasteiger charge is 2.48. The third-order valence-corrected chi connectivity index (χ3v) is 5.70. The van der Waals surface area contributed by atoms with E-state index >= 15 is 0 Å². The number of carboxylic acids is 1. The Morgan fingerprint density at radius 1 is 1.35 bits per heavy atom. The Hall–Kier alpha value is -2.14. The molecule has 1 aromatic carbocycles. The first-order chi connectivity index (χ1) is 12.4. The van der Waals surface area contributed by atoms with Crippen LogP contribution in [-0.2, 0) is 11.2 Å². The van der Waals surface area contributed by atoms with Crippen molar-refractivity contribution in [1.82, 2.24) is 4.98 Å². The van der Waals surface area contributed by atoms with Crippen LogP contribution in [0.3, 0.4) is 0 Å². The van der Waals surface area contributed by atoms with Crippen molar-refractivity contribution < 1.29 is 15.0 Å². The molecule has 2 atom stereocenters. The number of carbonyl (C=O) groups is 1. The molecule has 5 nitrogen and oxygen atoms in total. The minimum atomic E-state index is -1.12. The third kappa shape index (κ3) is 3.16. The molecule has 1 aliphatic rings. The lowest BCUT2D eigenvalue weighted by atomic mass is 9.74. The summed E-state index contributed by atoms with van der Waals surface area (Å²) >= 11 is 0. The number of piperidine rings is 1. The molecular weight excluding hydrogens is 328 g/mol. The van der Waals surface area contributed by atoms with Gasteiger partial charge in [0.05, 0.1) is 11.6 Å². The topological polar surface area (TPSA) is 73.7 Å². The van der Waals surface area contributed by atoms with E-state index in [-0.39, 0.29) is 0 Å². The van der Waals surface area contributed by atoms with Crippen molar-refractivity contribution in [2.24, 2.45) is 5.41 Å². The molecular formula is C21H28N2O3. The molecule has 0 spiro atoms. The highest BCUT2D eigenvalue weighted by atomic mass is 16.4. The second kappa shape index (κ2) is 7.23. The Bertz CT molecular complexity index is 820. The van der Waals surface area contributed by atoms with Crippen molar-refractivity contribution in [2.45, 2.75) is 52.6 Å². The smallest absolute Gasteiger partial charge is 0.314 e. The van der Waals surface area contributed by atoms with E-state index in [1.165, 1.54) is 5.56 Å². The van der Waals surface area contributed by atoms with Gasteiger partial charge in [0.2, 0.25) is 0 Å². The van der Waals surface area contributed by atoms with E-state index in [1.54, 1.807) is 0 Å². The first-order valence-electron chi connectivity index (χ1n) is 9.48. The molecule has 5 heteroatoms. The van der Waals surface area contributed by atoms with E-state index in [2.05, 4.69) is 26.0 Å². The van der Waals surface area contributed by atoms with Gasteiger partial charge in [-0.1, -0.05) is 26.3 Å². The number of hydrogen-bond acceptors (Lipinski definition) is 4. The molecule has 0 amide bonds. The van der Waals surface area contributed by atoms with Crippen LogP contribution in [0.15, 0.2) is 24.3 Å². The zero-order chi connectivity index (χ0) is 18.9. The molecule has 2 aromatic rings. The second-order valence-electron chi connectivity index (χ2n) is 7.44. The van der Waals surface area contributed by atoms with Crippen LogP contribution in [0.2, 0.25) is 0 Å². The number of aromatic nitrogens is 1. The van der Waals surface area contributed by atoms with Gasteiger partial charge in [0.15, 0.2) is 0 Å². The fourth-order valence-electron chi connectivity index (χ4n) is 4.09. The molecule has 0 radical (unpaired) electrons. The van der Waals surface area contributed by atoms with Gasteiger partial charge in [0.25, 0.3) is 0 Å². The van der Waals surface area contributed by atoms with E-state index in [0.717, 1.165) is 35.1 Å². The van der Waals surface area contributed by atoms with Gasteiger partial charge in [-0.15, -0.1) is 0 Å². The van der Waals surface area contributed by atoms with Gasteiger partial charge in [-0.2, -0.15) is 0 Å². The highest BCUT2D eigenvalue weighted by Crippen LogP contribution is 2.37. The van der Waals surface area contributed by atoms with Crippen LogP contribution in [0.1, 0.15) is 44.2 Å². The molecule has 3 rings (SSSR count). The maximum atomic E-state index is 12.0. The zero-order valence-electron chi connectivity index (χ0n) is 15.8. The van der Waals surface area contributed by atoms with E-state index in [4.69, 9.17) is 4.98 Å². The number of hydrogen-bond donors (Lipinski definition) is 2. The largest absolute Gasteiger partial charge is 0.481 e. The van der Waals surface area contributed by atoms with Crippen LogP contribution in [0, 0.1) is 12.3 Å². The van der Waals surface area contributed by atoms with Gasteiger partial charge in [0.1, 0.15) is 11.2 Å². The Balaban J connectivity index is 1.99. The van der Waals surface area contributed by atoms with Crippen molar-refractivity contribution in [3.63, 3.8) is 0 Å². The molecule has 2 N–H and O–H groups in total. The van der Waals surface area contributed by atoms with E-state index in [1.807, 2.05) is 24.0 Å². The minimum absolute atomic E-state index is 0.294. The summed E-state index contributed by atoms with van der Waals surface area (Å²) in [4.78, 5) is 18.8. The predicted octanol–water partition coefficient (Wildman–Crippen LogP) is 3.55. The molecule has 2 heterocycles. The number of aliphatic hydroxyl groups excluding tert-OH is 1. The molecule has 0 bridgehead atoms. The number of fused-ring (bicyclic) bond motifs is 1. The fraction of sp³-hybridized carbons (Fsp3) is 0.524. The molecule has 1 unspecified atom stereocenters. The summed E-state index contributed by atoms with van der Waals surface area (Å²) in [5, 5.41) is 21.4. The number of pyridine rings is 1. The monoisotopic (exact) mass is 356 g/mol. The number of nitrogens with zero attached hydrogens (tertiary/aromatic N) is 2. The third-order valence-electron chi connectivity index (χ3n) is 5.70. The number of benzene rings is 1. The zero-order valence-corrected chi connectivity index (χ0v) is 15.8. The van der Waals surface area contributed by atoms with E-state index < -0.39 is 17.5 Å². The van der Waals surface area contributed by atoms with Crippen molar-refractivity contribution in [1.29, 1.82) is 0 Å². The lowest BCUT2D eigenvalue weighted by molar-refractivity contribution is -0.158. The summed E-state index contributed by atoms with van der Waals surface area (Å²) in [5.41, 5.74) is 2.23. The second-order valence-corrected chi connectivity index (χ2v) is 7.44. The van der Waals surface area contributed by atoms with Crippen molar-refractivity contribution in [3.8, 4) is 0 Å². The number of anilines is 1. The van der Waals surface area contributed by atoms with Crippen LogP contribution >= 0.6 is 0 Å². The first-order valence-corrected chi connectivity index (χ1v) is 9.48. The SMILES string of the molecule is CCC[C@]1(C(=O)O)CN(c2cc(C)c3cc(CC)ccc3n2)CCC1O. The van der Waals surface area contributed by atoms with Gasteiger partial charge in [-0.05, 0) is 55.5 Å². The standard InChI is InChI=1S/C21H28N2O3/c1-4-9-21(20(25)26)13-23(10-8-18(21)24)19-11-14(3)16-12-15(5-2)6-7-17(16)22-19/h6-7,11-12,18,24H,4-5,8-10,13H2,1-3H3,(H,25,26)/t18?,21-/m0/s1. The first kappa shape index (κ1) is 18.6. The minimum Gasteiger partial charge on any atom is -0.481 e. The molecule has 0 aliphatic carbocycles. The van der Waals surface area contributed by atoms with Gasteiger partial charge >= 0.3 is 5.97 Å². The van der Waals surface area contributed by atoms with Crippen LogP contribution in [0.25, 0.3) is 10.9 Å². The normalized spacial score (nSPS) is 23.4. The van der Waals surface area contributed by atoms with E-state index in [0.29, 0.717) is 25.9 Å². The Kier molecular flexibility index (Phi) is 5.19. The van der Waals surface area contributed by atoms with Crippen molar-refractivity contribution in [2.75, 3.05) is 18.0 Å². The molecule has 1 aliphatic heterocycles. The number of rotatable bonds is 5. The summed E-state index contributed by atoms with van der Waals surface area (Å²) in [6.45, 7) is 7.08. The molecule has 26 heavy (non-hydrogen) atoms. The lowest BCUT2D eigenvalue weighted by Gasteiger charge is -2.44. The average molecular weight is 356 g/mol. The van der Waals surface area contributed by atoms with Crippen molar-refractivity contribution >= 4 is 22.7 Å². The molecule has 1 fully saturated rings. The van der Waals surface area contributed by atoms with Crippen LogP contribution in [0.5, 0.6) is 0 Å². The van der Waals surface area contributed by atoms with Crippen LogP contribution < -0.4 is 4.90 Å². The summed E-state index contributed by atoms with van der Waals surface area (Å²) < 4.78 is 0. The highest BCUT2D eigenvalue weighted by molar-refractivity contribution is 5.85. The maximum Gasteiger partial charge on any atom is 0.314 e. The fourth-order valence-corrected chi connectivity index (χ4v) is 4.09. The lowest BCUT2D eigenvalue weighted by Crippen LogP contribution is -2.56. The molecule has 0 saturated carbocycles. The quantitative estimate of drug-likeness (QED) is 0.857. The average Bonchev–Trinajstić information content (AvgIpc) is 2.63. The summed E-state index contributed by atoms with van der Waals surface area (Å²) in [6, 6.07) is 8.36. The van der Waals surface area contributed by atoms with Gasteiger partial charge < -0.3 is 15.1 Å². The number of aryl methyl sites for hydroxylation is 2. The molecule has 1 saturated heterocycles. The Morgan fingerprint density at radius 3 is 2.77 bits per heavy atom. The summed E-state index contributed by atoms with van der Waals surface area (Å²) in [7, 11) is 0. The number of aliphatic carboxylic acids is 1. The Labute approximate surface area is 154 Å². The van der Waals surface area contributed by atoms with Gasteiger partial charge in [-0.25, -0.2) is 4.98 Å². The van der Waals surface area contributed by atoms with Crippen molar-refractivity contribution in [3.05, 3.63) is 35.4 Å². The summed E-state index contributed by atoms with van der Waals surface area (Å²) in [5.74, 6) is -0.116. The molecule has 1 aromatic heterocycles.